The molecule has 2 aromatic heterocycles. The number of fused-ring (bicyclic) bond motifs is 1. The van der Waals surface area contributed by atoms with Crippen molar-refractivity contribution in [2.45, 2.75) is 33.6 Å². The van der Waals surface area contributed by atoms with Crippen LogP contribution >= 0.6 is 0 Å². The van der Waals surface area contributed by atoms with Gasteiger partial charge in [0.05, 0.1) is 16.6 Å². The largest absolute Gasteiger partial charge is 0.471 e. The predicted octanol–water partition coefficient (Wildman–Crippen LogP) is 5.25. The summed E-state index contributed by atoms with van der Waals surface area (Å²) < 4.78 is 47.2. The molecule has 0 atom stereocenters. The number of halogens is 3. The van der Waals surface area contributed by atoms with Gasteiger partial charge in [-0.15, -0.1) is 5.10 Å². The number of aromatic nitrogens is 3. The van der Waals surface area contributed by atoms with Gasteiger partial charge in [-0.25, -0.2) is 4.68 Å². The van der Waals surface area contributed by atoms with Crippen molar-refractivity contribution >= 4 is 10.9 Å². The summed E-state index contributed by atoms with van der Waals surface area (Å²) >= 11 is 0. The van der Waals surface area contributed by atoms with E-state index < -0.39 is 11.7 Å². The van der Waals surface area contributed by atoms with Gasteiger partial charge in [0, 0.05) is 13.2 Å². The van der Waals surface area contributed by atoms with Crippen LogP contribution in [0.2, 0.25) is 0 Å². The quantitative estimate of drug-likeness (QED) is 0.435. The van der Waals surface area contributed by atoms with Crippen LogP contribution in [0.5, 0.6) is 5.88 Å². The monoisotopic (exact) mass is 441 g/mol. The first-order chi connectivity index (χ1) is 15.1. The fraction of sp³-hybridized carbons (Fsp3) is 0.250. The molecule has 0 N–H and O–H groups in total. The summed E-state index contributed by atoms with van der Waals surface area (Å²) in [6.45, 7) is 6.03. The summed E-state index contributed by atoms with van der Waals surface area (Å²) in [5, 5.41) is 4.77. The zero-order chi connectivity index (χ0) is 23.2. The maximum Gasteiger partial charge on any atom is 0.416 e. The Morgan fingerprint density at radius 2 is 1.62 bits per heavy atom. The lowest BCUT2D eigenvalue weighted by Gasteiger charge is -2.14. The first-order valence-electron chi connectivity index (χ1n) is 10.0. The lowest BCUT2D eigenvalue weighted by atomic mass is 10.0. The molecule has 0 spiro atoms. The Morgan fingerprint density at radius 3 is 2.22 bits per heavy atom. The van der Waals surface area contributed by atoms with Gasteiger partial charge < -0.3 is 9.30 Å². The third kappa shape index (κ3) is 3.88. The van der Waals surface area contributed by atoms with Gasteiger partial charge in [0.1, 0.15) is 12.1 Å². The van der Waals surface area contributed by atoms with E-state index >= 15 is 0 Å². The summed E-state index contributed by atoms with van der Waals surface area (Å²) in [6.07, 6.45) is -2.58. The normalized spacial score (nSPS) is 11.8. The molecule has 2 heterocycles. The van der Waals surface area contributed by atoms with Crippen molar-refractivity contribution in [1.82, 2.24) is 14.3 Å². The van der Waals surface area contributed by atoms with Gasteiger partial charge in [-0.2, -0.15) is 13.2 Å². The standard InChI is InChI=1S/C24H22F3N3O2/c1-14-11-15(2)20(16(3)12-14)30-10-9-19-21(30)23(31)29(4)28-22(19)32-13-17-5-7-18(8-6-17)24(25,26)27/h5-12H,13H2,1-4H3. The fourth-order valence-corrected chi connectivity index (χ4v) is 4.00. The number of aryl methyl sites for hydroxylation is 4. The topological polar surface area (TPSA) is 49.0 Å². The molecule has 166 valence electrons. The minimum atomic E-state index is -4.39. The Morgan fingerprint density at radius 1 is 1.00 bits per heavy atom. The van der Waals surface area contributed by atoms with E-state index in [1.165, 1.54) is 16.8 Å². The Labute approximate surface area is 182 Å². The first kappa shape index (κ1) is 21.7. The number of alkyl halides is 3. The third-order valence-electron chi connectivity index (χ3n) is 5.39. The number of hydrogen-bond acceptors (Lipinski definition) is 3. The molecule has 0 fully saturated rings. The van der Waals surface area contributed by atoms with Gasteiger partial charge in [-0.1, -0.05) is 29.8 Å². The number of benzene rings is 2. The molecule has 2 aromatic carbocycles. The number of rotatable bonds is 4. The molecule has 0 aliphatic heterocycles. The Bertz CT molecular complexity index is 1340. The highest BCUT2D eigenvalue weighted by Gasteiger charge is 2.30. The third-order valence-corrected chi connectivity index (χ3v) is 5.39. The molecule has 0 aliphatic rings. The molecular weight excluding hydrogens is 419 g/mol. The van der Waals surface area contributed by atoms with Crippen LogP contribution in [-0.2, 0) is 19.8 Å². The van der Waals surface area contributed by atoms with Crippen LogP contribution < -0.4 is 10.3 Å². The number of hydrogen-bond donors (Lipinski definition) is 0. The van der Waals surface area contributed by atoms with Crippen molar-refractivity contribution in [2.75, 3.05) is 0 Å². The summed E-state index contributed by atoms with van der Waals surface area (Å²) in [6, 6.07) is 10.6. The summed E-state index contributed by atoms with van der Waals surface area (Å²) in [5.41, 5.74) is 4.12. The number of ether oxygens (including phenoxy) is 1. The summed E-state index contributed by atoms with van der Waals surface area (Å²) in [7, 11) is 1.54. The minimum absolute atomic E-state index is 0.0200. The van der Waals surface area contributed by atoms with Crippen molar-refractivity contribution in [3.05, 3.63) is 86.8 Å². The molecule has 8 heteroatoms. The van der Waals surface area contributed by atoms with E-state index in [4.69, 9.17) is 4.74 Å². The second-order valence-electron chi connectivity index (χ2n) is 7.91. The zero-order valence-corrected chi connectivity index (χ0v) is 18.1. The molecule has 0 radical (unpaired) electrons. The van der Waals surface area contributed by atoms with E-state index in [0.717, 1.165) is 34.5 Å². The molecule has 0 saturated heterocycles. The average Bonchev–Trinajstić information content (AvgIpc) is 3.13. The highest BCUT2D eigenvalue weighted by atomic mass is 19.4. The fourth-order valence-electron chi connectivity index (χ4n) is 4.00. The Hall–Kier alpha value is -3.55. The Kier molecular flexibility index (Phi) is 5.32. The van der Waals surface area contributed by atoms with Crippen LogP contribution in [-0.4, -0.2) is 14.3 Å². The maximum atomic E-state index is 12.9. The molecule has 0 saturated carbocycles. The van der Waals surface area contributed by atoms with Crippen LogP contribution in [0.15, 0.2) is 53.5 Å². The van der Waals surface area contributed by atoms with E-state index in [-0.39, 0.29) is 18.0 Å². The zero-order valence-electron chi connectivity index (χ0n) is 18.1. The molecule has 4 aromatic rings. The molecule has 32 heavy (non-hydrogen) atoms. The highest BCUT2D eigenvalue weighted by molar-refractivity contribution is 5.86. The molecule has 4 rings (SSSR count). The lowest BCUT2D eigenvalue weighted by molar-refractivity contribution is -0.137. The van der Waals surface area contributed by atoms with E-state index in [0.29, 0.717) is 16.5 Å². The number of nitrogens with zero attached hydrogens (tertiary/aromatic N) is 3. The SMILES string of the molecule is Cc1cc(C)c(-n2ccc3c(OCc4ccc(C(F)(F)F)cc4)nn(C)c(=O)c32)c(C)c1. The van der Waals surface area contributed by atoms with E-state index in [9.17, 15) is 18.0 Å². The van der Waals surface area contributed by atoms with Crippen LogP contribution in [0, 0.1) is 20.8 Å². The minimum Gasteiger partial charge on any atom is -0.471 e. The van der Waals surface area contributed by atoms with Crippen LogP contribution in [0.1, 0.15) is 27.8 Å². The van der Waals surface area contributed by atoms with Gasteiger partial charge in [0.15, 0.2) is 0 Å². The Balaban J connectivity index is 1.73. The molecule has 5 nitrogen and oxygen atoms in total. The first-order valence-corrected chi connectivity index (χ1v) is 10.0. The van der Waals surface area contributed by atoms with Crippen molar-refractivity contribution in [1.29, 1.82) is 0 Å². The molecular formula is C24H22F3N3O2. The van der Waals surface area contributed by atoms with Crippen molar-refractivity contribution in [3.63, 3.8) is 0 Å². The van der Waals surface area contributed by atoms with Crippen molar-refractivity contribution in [3.8, 4) is 11.6 Å². The van der Waals surface area contributed by atoms with Gasteiger partial charge in [0.25, 0.3) is 5.56 Å². The molecule has 0 bridgehead atoms. The highest BCUT2D eigenvalue weighted by Crippen LogP contribution is 2.30. The lowest BCUT2D eigenvalue weighted by Crippen LogP contribution is -2.22. The smallest absolute Gasteiger partial charge is 0.416 e. The van der Waals surface area contributed by atoms with Crippen LogP contribution in [0.3, 0.4) is 0 Å². The second kappa shape index (κ2) is 7.85. The van der Waals surface area contributed by atoms with Crippen molar-refractivity contribution in [2.24, 2.45) is 7.05 Å². The summed E-state index contributed by atoms with van der Waals surface area (Å²) in [5.74, 6) is 0.239. The van der Waals surface area contributed by atoms with Gasteiger partial charge in [-0.3, -0.25) is 4.79 Å². The average molecular weight is 441 g/mol. The van der Waals surface area contributed by atoms with Gasteiger partial charge in [-0.05, 0) is 55.7 Å². The summed E-state index contributed by atoms with van der Waals surface area (Å²) in [4.78, 5) is 12.9. The molecule has 0 aliphatic carbocycles. The maximum absolute atomic E-state index is 12.9. The van der Waals surface area contributed by atoms with Crippen LogP contribution in [0.25, 0.3) is 16.6 Å². The van der Waals surface area contributed by atoms with Crippen LogP contribution in [0.4, 0.5) is 13.2 Å². The molecule has 0 unspecified atom stereocenters. The predicted molar refractivity (Wildman–Crippen MR) is 116 cm³/mol. The molecule has 0 amide bonds. The van der Waals surface area contributed by atoms with E-state index in [1.807, 2.05) is 31.5 Å². The van der Waals surface area contributed by atoms with E-state index in [2.05, 4.69) is 17.2 Å². The second-order valence-corrected chi connectivity index (χ2v) is 7.91. The van der Waals surface area contributed by atoms with Crippen molar-refractivity contribution < 1.29 is 17.9 Å². The van der Waals surface area contributed by atoms with Gasteiger partial charge in [0.2, 0.25) is 5.88 Å². The van der Waals surface area contributed by atoms with Gasteiger partial charge >= 0.3 is 6.18 Å². The van der Waals surface area contributed by atoms with E-state index in [1.54, 1.807) is 13.1 Å².